The fourth-order valence-electron chi connectivity index (χ4n) is 2.89. The molecule has 0 aliphatic carbocycles. The summed E-state index contributed by atoms with van der Waals surface area (Å²) in [6, 6.07) is 13.0. The highest BCUT2D eigenvalue weighted by Crippen LogP contribution is 2.25. The summed E-state index contributed by atoms with van der Waals surface area (Å²) in [4.78, 5) is 33.0. The molecule has 3 rings (SSSR count). The number of pyridine rings is 2. The molecule has 0 aliphatic heterocycles. The van der Waals surface area contributed by atoms with Gasteiger partial charge in [-0.1, -0.05) is 6.07 Å². The van der Waals surface area contributed by atoms with Crippen molar-refractivity contribution in [2.24, 2.45) is 0 Å². The molecule has 2 heterocycles. The third-order valence-corrected chi connectivity index (χ3v) is 5.23. The Morgan fingerprint density at radius 2 is 1.72 bits per heavy atom. The van der Waals surface area contributed by atoms with Crippen molar-refractivity contribution in [1.29, 1.82) is 0 Å². The van der Waals surface area contributed by atoms with Crippen LogP contribution < -0.4 is 10.6 Å². The molecule has 0 unspecified atom stereocenters. The Morgan fingerprint density at radius 3 is 2.45 bits per heavy atom. The van der Waals surface area contributed by atoms with E-state index in [1.54, 1.807) is 37.6 Å². The Kier molecular flexibility index (Phi) is 6.61. The fraction of sp³-hybridized carbons (Fsp3) is 0.182. The summed E-state index contributed by atoms with van der Waals surface area (Å²) in [6.45, 7) is 3.99. The van der Waals surface area contributed by atoms with Crippen LogP contribution in [0.5, 0.6) is 0 Å². The van der Waals surface area contributed by atoms with Crippen LogP contribution in [0.4, 0.5) is 5.69 Å². The largest absolute Gasteiger partial charge is 0.354 e. The smallest absolute Gasteiger partial charge is 0.269 e. The zero-order valence-corrected chi connectivity index (χ0v) is 17.3. The van der Waals surface area contributed by atoms with E-state index in [9.17, 15) is 9.59 Å². The van der Waals surface area contributed by atoms with Gasteiger partial charge < -0.3 is 10.6 Å². The summed E-state index contributed by atoms with van der Waals surface area (Å²) >= 11 is 1.44. The molecule has 0 spiro atoms. The van der Waals surface area contributed by atoms with E-state index in [1.165, 1.54) is 11.8 Å². The zero-order valence-electron chi connectivity index (χ0n) is 16.5. The predicted octanol–water partition coefficient (Wildman–Crippen LogP) is 4.00. The van der Waals surface area contributed by atoms with Gasteiger partial charge in [0.05, 0.1) is 5.56 Å². The van der Waals surface area contributed by atoms with Crippen molar-refractivity contribution in [2.75, 3.05) is 12.4 Å². The van der Waals surface area contributed by atoms with Crippen LogP contribution in [0, 0.1) is 13.8 Å². The van der Waals surface area contributed by atoms with Crippen LogP contribution >= 0.6 is 11.8 Å². The average Bonchev–Trinajstić information content (AvgIpc) is 2.71. The van der Waals surface area contributed by atoms with E-state index in [0.29, 0.717) is 22.0 Å². The van der Waals surface area contributed by atoms with Gasteiger partial charge in [-0.25, -0.2) is 4.98 Å². The Labute approximate surface area is 174 Å². The minimum absolute atomic E-state index is 0.202. The van der Waals surface area contributed by atoms with Crippen LogP contribution in [0.3, 0.4) is 0 Å². The van der Waals surface area contributed by atoms with E-state index >= 15 is 0 Å². The molecular formula is C22H22N4O2S. The number of rotatable bonds is 6. The second kappa shape index (κ2) is 9.34. The van der Waals surface area contributed by atoms with Gasteiger partial charge in [-0.05, 0) is 66.9 Å². The van der Waals surface area contributed by atoms with Crippen LogP contribution in [0.25, 0.3) is 0 Å². The molecule has 0 fully saturated rings. The zero-order chi connectivity index (χ0) is 20.8. The molecule has 0 radical (unpaired) electrons. The molecule has 0 aliphatic rings. The number of aryl methyl sites for hydroxylation is 2. The molecule has 0 saturated carbocycles. The fourth-order valence-corrected chi connectivity index (χ4v) is 3.83. The normalized spacial score (nSPS) is 10.4. The number of hydrogen-bond acceptors (Lipinski definition) is 5. The number of aromatic nitrogens is 2. The lowest BCUT2D eigenvalue weighted by Gasteiger charge is -2.10. The first-order chi connectivity index (χ1) is 14.0. The molecule has 2 N–H and O–H groups in total. The van der Waals surface area contributed by atoms with Crippen LogP contribution in [0.15, 0.2) is 59.9 Å². The molecule has 0 saturated heterocycles. The highest BCUT2D eigenvalue weighted by molar-refractivity contribution is 7.98. The van der Waals surface area contributed by atoms with E-state index < -0.39 is 0 Å². The summed E-state index contributed by atoms with van der Waals surface area (Å²) in [6.07, 6.45) is 3.27. The number of benzene rings is 1. The van der Waals surface area contributed by atoms with Crippen molar-refractivity contribution in [3.63, 3.8) is 0 Å². The van der Waals surface area contributed by atoms with Gasteiger partial charge in [0.15, 0.2) is 0 Å². The summed E-state index contributed by atoms with van der Waals surface area (Å²) in [7, 11) is 1.57. The standard InChI is InChI=1S/C22H22N4O2S/c1-14-9-15(2)11-17(10-14)26-20(27)18-5-4-7-25-22(18)29-13-16-6-8-24-19(12-16)21(28)23-3/h4-12H,13H2,1-3H3,(H,23,28)(H,26,27). The summed E-state index contributed by atoms with van der Waals surface area (Å²) in [5.41, 5.74) is 4.74. The minimum Gasteiger partial charge on any atom is -0.354 e. The first-order valence-corrected chi connectivity index (χ1v) is 10.1. The lowest BCUT2D eigenvalue weighted by Crippen LogP contribution is -2.19. The molecule has 148 valence electrons. The van der Waals surface area contributed by atoms with Gasteiger partial charge in [0.25, 0.3) is 11.8 Å². The maximum Gasteiger partial charge on any atom is 0.269 e. The van der Waals surface area contributed by atoms with Crippen molar-refractivity contribution in [2.45, 2.75) is 24.6 Å². The van der Waals surface area contributed by atoms with E-state index in [1.807, 2.05) is 32.0 Å². The molecule has 0 bridgehead atoms. The predicted molar refractivity (Wildman–Crippen MR) is 115 cm³/mol. The average molecular weight is 407 g/mol. The molecule has 7 heteroatoms. The number of amides is 2. The molecule has 2 aromatic heterocycles. The number of thioether (sulfide) groups is 1. The van der Waals surface area contributed by atoms with Gasteiger partial charge in [-0.2, -0.15) is 0 Å². The highest BCUT2D eigenvalue weighted by Gasteiger charge is 2.14. The van der Waals surface area contributed by atoms with Crippen LogP contribution in [0.1, 0.15) is 37.5 Å². The van der Waals surface area contributed by atoms with Crippen molar-refractivity contribution >= 4 is 29.3 Å². The van der Waals surface area contributed by atoms with Crippen molar-refractivity contribution in [1.82, 2.24) is 15.3 Å². The van der Waals surface area contributed by atoms with Gasteiger partial charge in [0.2, 0.25) is 0 Å². The topological polar surface area (TPSA) is 84.0 Å². The van der Waals surface area contributed by atoms with Crippen molar-refractivity contribution in [3.8, 4) is 0 Å². The Morgan fingerprint density at radius 1 is 0.966 bits per heavy atom. The number of carbonyl (C=O) groups excluding carboxylic acids is 2. The quantitative estimate of drug-likeness (QED) is 0.605. The SMILES string of the molecule is CNC(=O)c1cc(CSc2ncccc2C(=O)Nc2cc(C)cc(C)c2)ccn1. The van der Waals surface area contributed by atoms with Crippen LogP contribution in [-0.4, -0.2) is 28.8 Å². The van der Waals surface area contributed by atoms with Gasteiger partial charge >= 0.3 is 0 Å². The number of hydrogen-bond donors (Lipinski definition) is 2. The first-order valence-electron chi connectivity index (χ1n) is 9.10. The third kappa shape index (κ3) is 5.42. The monoisotopic (exact) mass is 406 g/mol. The Balaban J connectivity index is 1.75. The third-order valence-electron chi connectivity index (χ3n) is 4.15. The highest BCUT2D eigenvalue weighted by atomic mass is 32.2. The van der Waals surface area contributed by atoms with E-state index in [4.69, 9.17) is 0 Å². The van der Waals surface area contributed by atoms with Gasteiger partial charge in [0.1, 0.15) is 10.7 Å². The number of anilines is 1. The lowest BCUT2D eigenvalue weighted by atomic mass is 10.1. The Bertz CT molecular complexity index is 1030. The van der Waals surface area contributed by atoms with Crippen molar-refractivity contribution in [3.05, 3.63) is 82.8 Å². The summed E-state index contributed by atoms with van der Waals surface area (Å²) in [5, 5.41) is 6.15. The lowest BCUT2D eigenvalue weighted by molar-refractivity contribution is 0.0957. The van der Waals surface area contributed by atoms with Gasteiger partial charge in [-0.15, -0.1) is 11.8 Å². The van der Waals surface area contributed by atoms with E-state index in [0.717, 1.165) is 22.4 Å². The van der Waals surface area contributed by atoms with E-state index in [2.05, 4.69) is 26.7 Å². The Hall–Kier alpha value is -3.19. The molecule has 0 atom stereocenters. The molecule has 3 aromatic rings. The molecule has 6 nitrogen and oxygen atoms in total. The molecule has 2 amide bonds. The summed E-state index contributed by atoms with van der Waals surface area (Å²) < 4.78 is 0. The van der Waals surface area contributed by atoms with Crippen LogP contribution in [0.2, 0.25) is 0 Å². The van der Waals surface area contributed by atoms with Crippen LogP contribution in [-0.2, 0) is 5.75 Å². The van der Waals surface area contributed by atoms with E-state index in [-0.39, 0.29) is 11.8 Å². The number of carbonyl (C=O) groups is 2. The maximum absolute atomic E-state index is 12.8. The number of nitrogens with zero attached hydrogens (tertiary/aromatic N) is 2. The summed E-state index contributed by atoms with van der Waals surface area (Å²) in [5.74, 6) is 0.127. The second-order valence-electron chi connectivity index (χ2n) is 6.60. The molecule has 29 heavy (non-hydrogen) atoms. The molecular weight excluding hydrogens is 384 g/mol. The molecule has 1 aromatic carbocycles. The van der Waals surface area contributed by atoms with Gasteiger partial charge in [0, 0.05) is 30.9 Å². The first kappa shape index (κ1) is 20.5. The van der Waals surface area contributed by atoms with Gasteiger partial charge in [-0.3, -0.25) is 14.6 Å². The second-order valence-corrected chi connectivity index (χ2v) is 7.57. The minimum atomic E-state index is -0.233. The maximum atomic E-state index is 12.8. The van der Waals surface area contributed by atoms with Crippen molar-refractivity contribution < 1.29 is 9.59 Å². The number of nitrogens with one attached hydrogen (secondary N) is 2.